The molecule has 0 aliphatic heterocycles. The second kappa shape index (κ2) is 5.51. The average molecular weight is 255 g/mol. The second-order valence-electron chi connectivity index (χ2n) is 5.42. The highest BCUT2D eigenvalue weighted by Crippen LogP contribution is 2.37. The van der Waals surface area contributed by atoms with Crippen molar-refractivity contribution in [1.82, 2.24) is 10.4 Å². The molecular weight excluding hydrogens is 234 g/mol. The number of hydrazine groups is 1. The Kier molecular flexibility index (Phi) is 3.98. The first kappa shape index (κ1) is 13.7. The molecule has 0 aliphatic rings. The minimum Gasteiger partial charge on any atom is -0.271 e. The molecule has 0 radical (unpaired) electrons. The molecule has 2 aromatic rings. The van der Waals surface area contributed by atoms with E-state index in [1.165, 1.54) is 11.1 Å². The third kappa shape index (κ3) is 2.67. The van der Waals surface area contributed by atoms with E-state index in [9.17, 15) is 0 Å². The summed E-state index contributed by atoms with van der Waals surface area (Å²) >= 11 is 0. The lowest BCUT2D eigenvalue weighted by molar-refractivity contribution is 0.351. The third-order valence-corrected chi connectivity index (χ3v) is 3.80. The largest absolute Gasteiger partial charge is 0.271 e. The molecule has 0 amide bonds. The highest BCUT2D eigenvalue weighted by molar-refractivity contribution is 5.34. The number of aromatic nitrogens is 1. The Morgan fingerprint density at radius 2 is 1.84 bits per heavy atom. The van der Waals surface area contributed by atoms with Crippen molar-refractivity contribution in [2.24, 2.45) is 5.84 Å². The Hall–Kier alpha value is -1.71. The minimum absolute atomic E-state index is 0.0172. The molecular formula is C16H21N3. The monoisotopic (exact) mass is 255 g/mol. The summed E-state index contributed by atoms with van der Waals surface area (Å²) in [4.78, 5) is 4.23. The zero-order chi connectivity index (χ0) is 13.9. The van der Waals surface area contributed by atoms with E-state index < -0.39 is 0 Å². The fourth-order valence-electron chi connectivity index (χ4n) is 2.50. The molecule has 1 aromatic heterocycles. The van der Waals surface area contributed by atoms with Crippen LogP contribution in [0.2, 0.25) is 0 Å². The first-order valence-corrected chi connectivity index (χ1v) is 6.49. The van der Waals surface area contributed by atoms with Gasteiger partial charge >= 0.3 is 0 Å². The van der Waals surface area contributed by atoms with E-state index in [2.05, 4.69) is 55.4 Å². The molecule has 0 bridgehead atoms. The van der Waals surface area contributed by atoms with Gasteiger partial charge in [0.2, 0.25) is 0 Å². The average Bonchev–Trinajstić information content (AvgIpc) is 2.42. The summed E-state index contributed by atoms with van der Waals surface area (Å²) in [5, 5.41) is 0. The van der Waals surface area contributed by atoms with Gasteiger partial charge in [-0.25, -0.2) is 0 Å². The van der Waals surface area contributed by atoms with E-state index in [0.29, 0.717) is 0 Å². The summed E-state index contributed by atoms with van der Waals surface area (Å²) < 4.78 is 0. The SMILES string of the molecule is Cc1ccncc1C(NN)C(C)(C)c1ccccc1. The van der Waals surface area contributed by atoms with Gasteiger partial charge < -0.3 is 0 Å². The van der Waals surface area contributed by atoms with Crippen LogP contribution in [0, 0.1) is 6.92 Å². The van der Waals surface area contributed by atoms with Gasteiger partial charge in [0.25, 0.3) is 0 Å². The highest BCUT2D eigenvalue weighted by Gasteiger charge is 2.32. The number of benzene rings is 1. The number of rotatable bonds is 4. The molecule has 2 rings (SSSR count). The molecule has 0 spiro atoms. The molecule has 0 aliphatic carbocycles. The molecule has 3 nitrogen and oxygen atoms in total. The Bertz CT molecular complexity index is 535. The normalized spacial score (nSPS) is 13.3. The molecule has 0 fully saturated rings. The van der Waals surface area contributed by atoms with E-state index in [1.54, 1.807) is 0 Å². The zero-order valence-electron chi connectivity index (χ0n) is 11.7. The maximum atomic E-state index is 5.82. The van der Waals surface area contributed by atoms with E-state index >= 15 is 0 Å². The smallest absolute Gasteiger partial charge is 0.0569 e. The van der Waals surface area contributed by atoms with Crippen LogP contribution in [0.1, 0.15) is 36.6 Å². The lowest BCUT2D eigenvalue weighted by atomic mass is 9.75. The van der Waals surface area contributed by atoms with Crippen molar-refractivity contribution in [3.63, 3.8) is 0 Å². The van der Waals surface area contributed by atoms with E-state index in [1.807, 2.05) is 24.5 Å². The number of aryl methyl sites for hydroxylation is 1. The lowest BCUT2D eigenvalue weighted by Crippen LogP contribution is -2.41. The van der Waals surface area contributed by atoms with Crippen LogP contribution in [0.5, 0.6) is 0 Å². The van der Waals surface area contributed by atoms with Crippen molar-refractivity contribution in [3.8, 4) is 0 Å². The number of nitrogens with zero attached hydrogens (tertiary/aromatic N) is 1. The van der Waals surface area contributed by atoms with Crippen LogP contribution >= 0.6 is 0 Å². The number of nitrogens with two attached hydrogens (primary N) is 1. The molecule has 1 atom stereocenters. The third-order valence-electron chi connectivity index (χ3n) is 3.80. The summed E-state index contributed by atoms with van der Waals surface area (Å²) in [5.41, 5.74) is 6.42. The van der Waals surface area contributed by atoms with Gasteiger partial charge in [-0.3, -0.25) is 16.3 Å². The van der Waals surface area contributed by atoms with Crippen molar-refractivity contribution in [2.45, 2.75) is 32.2 Å². The van der Waals surface area contributed by atoms with Crippen molar-refractivity contribution in [1.29, 1.82) is 0 Å². The summed E-state index contributed by atoms with van der Waals surface area (Å²) in [6.45, 7) is 6.47. The molecule has 0 saturated heterocycles. The molecule has 1 heterocycles. The molecule has 3 N–H and O–H groups in total. The zero-order valence-corrected chi connectivity index (χ0v) is 11.7. The van der Waals surface area contributed by atoms with Crippen LogP contribution < -0.4 is 11.3 Å². The van der Waals surface area contributed by atoms with Gasteiger partial charge in [-0.05, 0) is 29.7 Å². The maximum absolute atomic E-state index is 5.82. The maximum Gasteiger partial charge on any atom is 0.0569 e. The van der Waals surface area contributed by atoms with Crippen LogP contribution in [-0.4, -0.2) is 4.98 Å². The summed E-state index contributed by atoms with van der Waals surface area (Å²) in [6.07, 6.45) is 3.70. The van der Waals surface area contributed by atoms with Crippen molar-refractivity contribution < 1.29 is 0 Å². The fraction of sp³-hybridized carbons (Fsp3) is 0.312. The van der Waals surface area contributed by atoms with Crippen LogP contribution in [-0.2, 0) is 5.41 Å². The quantitative estimate of drug-likeness (QED) is 0.652. The second-order valence-corrected chi connectivity index (χ2v) is 5.42. The molecule has 19 heavy (non-hydrogen) atoms. The highest BCUT2D eigenvalue weighted by atomic mass is 15.2. The van der Waals surface area contributed by atoms with Crippen LogP contribution in [0.15, 0.2) is 48.8 Å². The number of hydrogen-bond acceptors (Lipinski definition) is 3. The standard InChI is InChI=1S/C16H21N3/c1-12-9-10-18-11-14(12)15(19-17)16(2,3)13-7-5-4-6-8-13/h4-11,15,19H,17H2,1-3H3. The Morgan fingerprint density at radius 1 is 1.16 bits per heavy atom. The lowest BCUT2D eigenvalue weighted by Gasteiger charge is -2.35. The first-order chi connectivity index (χ1) is 9.07. The summed E-state index contributed by atoms with van der Waals surface area (Å²) in [7, 11) is 0. The van der Waals surface area contributed by atoms with Crippen molar-refractivity contribution in [2.75, 3.05) is 0 Å². The molecule has 0 saturated carbocycles. The topological polar surface area (TPSA) is 50.9 Å². The minimum atomic E-state index is -0.121. The van der Waals surface area contributed by atoms with E-state index in [0.717, 1.165) is 5.56 Å². The Labute approximate surface area is 114 Å². The predicted octanol–water partition coefficient (Wildman–Crippen LogP) is 2.87. The van der Waals surface area contributed by atoms with Crippen molar-refractivity contribution in [3.05, 3.63) is 65.5 Å². The van der Waals surface area contributed by atoms with Crippen molar-refractivity contribution >= 4 is 0 Å². The van der Waals surface area contributed by atoms with Crippen LogP contribution in [0.3, 0.4) is 0 Å². The Balaban J connectivity index is 2.45. The summed E-state index contributed by atoms with van der Waals surface area (Å²) in [5.74, 6) is 5.82. The number of nitrogens with one attached hydrogen (secondary N) is 1. The molecule has 1 aromatic carbocycles. The first-order valence-electron chi connectivity index (χ1n) is 6.49. The molecule has 3 heteroatoms. The van der Waals surface area contributed by atoms with Gasteiger partial charge in [-0.2, -0.15) is 0 Å². The van der Waals surface area contributed by atoms with Crippen LogP contribution in [0.4, 0.5) is 0 Å². The predicted molar refractivity (Wildman–Crippen MR) is 78.5 cm³/mol. The van der Waals surface area contributed by atoms with Gasteiger partial charge in [-0.1, -0.05) is 44.2 Å². The van der Waals surface area contributed by atoms with Crippen LogP contribution in [0.25, 0.3) is 0 Å². The Morgan fingerprint density at radius 3 is 2.42 bits per heavy atom. The van der Waals surface area contributed by atoms with Gasteiger partial charge in [0.1, 0.15) is 0 Å². The van der Waals surface area contributed by atoms with Gasteiger partial charge in [0.05, 0.1) is 6.04 Å². The van der Waals surface area contributed by atoms with Gasteiger partial charge in [0, 0.05) is 17.8 Å². The number of pyridine rings is 1. The van der Waals surface area contributed by atoms with E-state index in [4.69, 9.17) is 5.84 Å². The number of hydrogen-bond donors (Lipinski definition) is 2. The summed E-state index contributed by atoms with van der Waals surface area (Å²) in [6, 6.07) is 12.4. The van der Waals surface area contributed by atoms with Gasteiger partial charge in [-0.15, -0.1) is 0 Å². The van der Waals surface area contributed by atoms with Gasteiger partial charge in [0.15, 0.2) is 0 Å². The molecule has 1 unspecified atom stereocenters. The van der Waals surface area contributed by atoms with E-state index in [-0.39, 0.29) is 11.5 Å². The fourth-order valence-corrected chi connectivity index (χ4v) is 2.50. The molecule has 100 valence electrons.